The van der Waals surface area contributed by atoms with E-state index in [-0.39, 0.29) is 22.7 Å². The van der Waals surface area contributed by atoms with Crippen LogP contribution in [0.5, 0.6) is 23.0 Å². The van der Waals surface area contributed by atoms with E-state index in [1.165, 1.54) is 5.56 Å². The molecule has 0 fully saturated rings. The van der Waals surface area contributed by atoms with Gasteiger partial charge in [-0.1, -0.05) is 19.4 Å². The average Bonchev–Trinajstić information content (AvgIpc) is 2.73. The van der Waals surface area contributed by atoms with Crippen LogP contribution in [0.25, 0.3) is 27.1 Å². The van der Waals surface area contributed by atoms with Crippen LogP contribution in [-0.4, -0.2) is 26.4 Å². The summed E-state index contributed by atoms with van der Waals surface area (Å²) < 4.78 is 18.8. The minimum atomic E-state index is 0. The molecular weight excluding hydrogens is 434 g/mol. The third-order valence-corrected chi connectivity index (χ3v) is 5.23. The Labute approximate surface area is 180 Å². The Bertz CT molecular complexity index is 1210. The molecule has 4 rings (SSSR count). The Kier molecular flexibility index (Phi) is 6.03. The van der Waals surface area contributed by atoms with E-state index < -0.39 is 0 Å². The fourth-order valence-electron chi connectivity index (χ4n) is 3.94. The van der Waals surface area contributed by atoms with Gasteiger partial charge in [0.1, 0.15) is 11.1 Å². The van der Waals surface area contributed by atoms with Gasteiger partial charge in [-0.3, -0.25) is 0 Å². The Morgan fingerprint density at radius 3 is 2.34 bits per heavy atom. The molecule has 0 saturated heterocycles. The molecule has 0 aliphatic heterocycles. The number of ether oxygens (including phenoxy) is 3. The van der Waals surface area contributed by atoms with Crippen LogP contribution >= 0.6 is 0 Å². The molecule has 29 heavy (non-hydrogen) atoms. The summed E-state index contributed by atoms with van der Waals surface area (Å²) in [5.41, 5.74) is 2.19. The second-order valence-electron chi connectivity index (χ2n) is 6.81. The van der Waals surface area contributed by atoms with Gasteiger partial charge in [0.2, 0.25) is 11.3 Å². The van der Waals surface area contributed by atoms with Gasteiger partial charge in [-0.2, -0.15) is 4.40 Å². The second kappa shape index (κ2) is 8.33. The van der Waals surface area contributed by atoms with Gasteiger partial charge in [0.25, 0.3) is 0 Å². The number of hydrogen-bond acceptors (Lipinski definition) is 4. The Balaban J connectivity index is 0.00000240. The number of phenols is 1. The predicted molar refractivity (Wildman–Crippen MR) is 110 cm³/mol. The fraction of sp³-hybridized carbons (Fsp3) is 0.261. The highest BCUT2D eigenvalue weighted by Gasteiger charge is 2.22. The maximum atomic E-state index is 10.4. The molecule has 2 heterocycles. The molecule has 0 aliphatic carbocycles. The van der Waals surface area contributed by atoms with E-state index in [4.69, 9.17) is 14.2 Å². The van der Waals surface area contributed by atoms with E-state index in [2.05, 4.69) is 13.0 Å². The summed E-state index contributed by atoms with van der Waals surface area (Å²) in [6, 6.07) is 9.86. The number of aryl methyl sites for hydroxylation is 1. The predicted octanol–water partition coefficient (Wildman–Crippen LogP) is 1.42. The van der Waals surface area contributed by atoms with Crippen LogP contribution < -0.4 is 35.6 Å². The molecular formula is C23H24BrNO4. The van der Waals surface area contributed by atoms with Gasteiger partial charge >= 0.3 is 0 Å². The fourth-order valence-corrected chi connectivity index (χ4v) is 3.94. The molecule has 0 bridgehead atoms. The van der Waals surface area contributed by atoms with Gasteiger partial charge in [-0.15, -0.1) is 0 Å². The molecule has 4 aromatic rings. The zero-order chi connectivity index (χ0) is 19.8. The number of aromatic nitrogens is 1. The number of phenolic OH excluding ortho intramolecular Hbond substituents is 1. The first-order valence-electron chi connectivity index (χ1n) is 9.34. The summed E-state index contributed by atoms with van der Waals surface area (Å²) in [5, 5.41) is 14.2. The van der Waals surface area contributed by atoms with Gasteiger partial charge in [-0.05, 0) is 24.1 Å². The molecule has 0 atom stereocenters. The number of halogens is 1. The van der Waals surface area contributed by atoms with Crippen LogP contribution in [0, 0.1) is 0 Å². The number of aromatic hydroxyl groups is 1. The zero-order valence-corrected chi connectivity index (χ0v) is 18.5. The number of pyridine rings is 2. The normalized spacial score (nSPS) is 10.9. The van der Waals surface area contributed by atoms with Crippen molar-refractivity contribution >= 4 is 27.1 Å². The molecule has 1 N–H and O–H groups in total. The van der Waals surface area contributed by atoms with Crippen LogP contribution in [0.2, 0.25) is 0 Å². The minimum Gasteiger partial charge on any atom is -1.00 e. The third kappa shape index (κ3) is 3.31. The smallest absolute Gasteiger partial charge is 0.223 e. The first kappa shape index (κ1) is 21.0. The summed E-state index contributed by atoms with van der Waals surface area (Å²) in [7, 11) is 4.86. The first-order chi connectivity index (χ1) is 13.6. The summed E-state index contributed by atoms with van der Waals surface area (Å²) in [4.78, 5) is 0. The molecule has 0 saturated carbocycles. The van der Waals surface area contributed by atoms with E-state index in [1.54, 1.807) is 27.4 Å². The standard InChI is InChI=1S/C23H23NO4.BrH/c1-5-6-14-7-8-19(25)17-13-24-10-9-15-11-20(26-2)22(27-3)23(28-4)21(15)18(24)12-16(14)17;/h7-13H,5-6H2,1-4H3;1H. The van der Waals surface area contributed by atoms with E-state index in [9.17, 15) is 5.11 Å². The first-order valence-corrected chi connectivity index (χ1v) is 9.34. The topological polar surface area (TPSA) is 52.0 Å². The summed E-state index contributed by atoms with van der Waals surface area (Å²) >= 11 is 0. The van der Waals surface area contributed by atoms with Crippen LogP contribution in [-0.2, 0) is 6.42 Å². The molecule has 0 spiro atoms. The molecule has 6 heteroatoms. The van der Waals surface area contributed by atoms with Crippen molar-refractivity contribution in [1.29, 1.82) is 0 Å². The van der Waals surface area contributed by atoms with Crippen LogP contribution in [0.4, 0.5) is 0 Å². The van der Waals surface area contributed by atoms with Crippen LogP contribution in [0.15, 0.2) is 42.7 Å². The largest absolute Gasteiger partial charge is 1.00 e. The van der Waals surface area contributed by atoms with E-state index >= 15 is 0 Å². The molecule has 0 radical (unpaired) electrons. The van der Waals surface area contributed by atoms with Gasteiger partial charge in [0.15, 0.2) is 23.9 Å². The van der Waals surface area contributed by atoms with Gasteiger partial charge in [-0.25, -0.2) is 0 Å². The summed E-state index contributed by atoms with van der Waals surface area (Å²) in [6.45, 7) is 2.16. The number of hydrogen-bond donors (Lipinski definition) is 1. The molecule has 0 aliphatic rings. The van der Waals surface area contributed by atoms with Crippen molar-refractivity contribution in [3.05, 3.63) is 48.3 Å². The van der Waals surface area contributed by atoms with Crippen molar-refractivity contribution in [1.82, 2.24) is 0 Å². The van der Waals surface area contributed by atoms with Crippen LogP contribution in [0.3, 0.4) is 0 Å². The maximum Gasteiger partial charge on any atom is 0.223 e. The Morgan fingerprint density at radius 2 is 1.69 bits per heavy atom. The summed E-state index contributed by atoms with van der Waals surface area (Å²) in [6.07, 6.45) is 5.93. The van der Waals surface area contributed by atoms with Crippen molar-refractivity contribution in [2.45, 2.75) is 19.8 Å². The van der Waals surface area contributed by atoms with Crippen molar-refractivity contribution in [2.75, 3.05) is 21.3 Å². The highest BCUT2D eigenvalue weighted by atomic mass is 79.9. The lowest BCUT2D eigenvalue weighted by Gasteiger charge is -2.15. The molecule has 2 aromatic heterocycles. The Morgan fingerprint density at radius 1 is 0.931 bits per heavy atom. The van der Waals surface area contributed by atoms with Crippen molar-refractivity contribution in [3.8, 4) is 23.0 Å². The molecule has 152 valence electrons. The van der Waals surface area contributed by atoms with Crippen molar-refractivity contribution < 1.29 is 40.7 Å². The lowest BCUT2D eigenvalue weighted by Crippen LogP contribution is -3.00. The van der Waals surface area contributed by atoms with Gasteiger partial charge < -0.3 is 36.3 Å². The van der Waals surface area contributed by atoms with Crippen molar-refractivity contribution in [3.63, 3.8) is 0 Å². The minimum absolute atomic E-state index is 0. The number of benzene rings is 2. The molecule has 5 nitrogen and oxygen atoms in total. The SMILES string of the molecule is CCCc1ccc(O)c2c[n+]3ccc4cc(OC)c(OC)c(OC)c4c3cc12.[Br-]. The maximum absolute atomic E-state index is 10.4. The van der Waals surface area contributed by atoms with Gasteiger partial charge in [0.05, 0.1) is 26.7 Å². The molecule has 0 unspecified atom stereocenters. The number of methoxy groups -OCH3 is 3. The molecule has 2 aromatic carbocycles. The number of nitrogens with zero attached hydrogens (tertiary/aromatic N) is 1. The lowest BCUT2D eigenvalue weighted by molar-refractivity contribution is -0.509. The lowest BCUT2D eigenvalue weighted by atomic mass is 9.99. The average molecular weight is 458 g/mol. The van der Waals surface area contributed by atoms with Gasteiger partial charge in [0, 0.05) is 22.9 Å². The van der Waals surface area contributed by atoms with Crippen LogP contribution in [0.1, 0.15) is 18.9 Å². The zero-order valence-electron chi connectivity index (χ0n) is 17.0. The second-order valence-corrected chi connectivity index (χ2v) is 6.81. The summed E-state index contributed by atoms with van der Waals surface area (Å²) in [5.74, 6) is 2.10. The van der Waals surface area contributed by atoms with E-state index in [0.29, 0.717) is 17.2 Å². The highest BCUT2D eigenvalue weighted by Crippen LogP contribution is 2.44. The van der Waals surface area contributed by atoms with E-state index in [0.717, 1.165) is 39.9 Å². The molecule has 0 amide bonds. The number of rotatable bonds is 5. The third-order valence-electron chi connectivity index (χ3n) is 5.23. The quantitative estimate of drug-likeness (QED) is 0.279. The monoisotopic (exact) mass is 457 g/mol. The van der Waals surface area contributed by atoms with Crippen molar-refractivity contribution in [2.24, 2.45) is 0 Å². The number of fused-ring (bicyclic) bond motifs is 4. The highest BCUT2D eigenvalue weighted by molar-refractivity contribution is 6.04. The Hall–Kier alpha value is -2.73. The van der Waals surface area contributed by atoms with E-state index in [1.807, 2.05) is 35.0 Å².